The maximum absolute atomic E-state index is 2.92. The first kappa shape index (κ1) is 31.2. The highest BCUT2D eigenvalue weighted by molar-refractivity contribution is 7.03. The molecule has 0 amide bonds. The van der Waals surface area contributed by atoms with Gasteiger partial charge in [0.05, 0.1) is 16.8 Å². The summed E-state index contributed by atoms with van der Waals surface area (Å²) in [6.07, 6.45) is 10.1. The molecule has 2 fully saturated rings. The number of nitrogens with zero attached hydrogens (tertiary/aromatic N) is 3. The smallest absolute Gasteiger partial charge is 0.252 e. The molecule has 3 nitrogen and oxygen atoms in total. The average Bonchev–Trinajstić information content (AvgIpc) is 3.51. The van der Waals surface area contributed by atoms with Crippen LogP contribution in [0.4, 0.5) is 39.8 Å². The number of para-hydroxylation sites is 4. The van der Waals surface area contributed by atoms with Gasteiger partial charge in [-0.15, -0.1) is 0 Å². The van der Waals surface area contributed by atoms with Crippen molar-refractivity contribution < 1.29 is 0 Å². The Morgan fingerprint density at radius 1 is 0.528 bits per heavy atom. The fourth-order valence-electron chi connectivity index (χ4n) is 13.6. The molecule has 0 spiro atoms. The third-order valence-corrected chi connectivity index (χ3v) is 20.3. The van der Waals surface area contributed by atoms with Gasteiger partial charge in [-0.25, -0.2) is 0 Å². The molecular weight excluding hydrogens is 657 g/mol. The highest BCUT2D eigenvalue weighted by Crippen LogP contribution is 2.65. The van der Waals surface area contributed by atoms with Crippen LogP contribution >= 0.6 is 0 Å². The fourth-order valence-corrected chi connectivity index (χ4v) is 16.6. The van der Waals surface area contributed by atoms with E-state index in [9.17, 15) is 0 Å². The van der Waals surface area contributed by atoms with Crippen molar-refractivity contribution in [3.63, 3.8) is 0 Å². The lowest BCUT2D eigenvalue weighted by Crippen LogP contribution is -2.66. The van der Waals surface area contributed by atoms with Gasteiger partial charge in [0, 0.05) is 45.0 Å². The Morgan fingerprint density at radius 2 is 0.981 bits per heavy atom. The molecule has 0 aromatic heterocycles. The van der Waals surface area contributed by atoms with Crippen LogP contribution in [0, 0.1) is 0 Å². The highest BCUT2D eigenvalue weighted by Gasteiger charge is 2.64. The molecule has 5 heterocycles. The molecule has 2 saturated carbocycles. The van der Waals surface area contributed by atoms with Crippen LogP contribution in [0.1, 0.15) is 90.2 Å². The van der Waals surface area contributed by atoms with E-state index in [4.69, 9.17) is 0 Å². The van der Waals surface area contributed by atoms with Crippen molar-refractivity contribution in [1.29, 1.82) is 0 Å². The first-order valence-electron chi connectivity index (χ1n) is 20.6. The Balaban J connectivity index is 1.23. The third-order valence-electron chi connectivity index (χ3n) is 16.7. The zero-order chi connectivity index (χ0) is 35.9. The number of fused-ring (bicyclic) bond motifs is 12. The van der Waals surface area contributed by atoms with Gasteiger partial charge in [0.25, 0.3) is 6.71 Å². The maximum atomic E-state index is 2.92. The van der Waals surface area contributed by atoms with Gasteiger partial charge in [-0.2, -0.15) is 0 Å². The lowest BCUT2D eigenvalue weighted by molar-refractivity contribution is 0.194. The molecule has 12 rings (SSSR count). The summed E-state index contributed by atoms with van der Waals surface area (Å²) in [4.78, 5) is 8.50. The van der Waals surface area contributed by atoms with Crippen LogP contribution in [0.5, 0.6) is 0 Å². The lowest BCUT2D eigenvalue weighted by Gasteiger charge is -2.55. The van der Waals surface area contributed by atoms with Crippen LogP contribution < -0.4 is 41.5 Å². The van der Waals surface area contributed by atoms with Gasteiger partial charge in [0.15, 0.2) is 0 Å². The summed E-state index contributed by atoms with van der Waals surface area (Å²) in [5, 5.41) is 3.06. The monoisotopic (exact) mass is 707 g/mol. The summed E-state index contributed by atoms with van der Waals surface area (Å²) >= 11 is 0. The second-order valence-electron chi connectivity index (χ2n) is 19.1. The zero-order valence-corrected chi connectivity index (χ0v) is 33.3. The highest BCUT2D eigenvalue weighted by atomic mass is 28.3. The molecule has 0 saturated heterocycles. The minimum Gasteiger partial charge on any atom is -0.335 e. The molecule has 5 aliphatic heterocycles. The van der Waals surface area contributed by atoms with Gasteiger partial charge in [0.1, 0.15) is 8.07 Å². The van der Waals surface area contributed by atoms with E-state index < -0.39 is 8.07 Å². The summed E-state index contributed by atoms with van der Waals surface area (Å²) in [5.74, 6) is 0. The number of hydrogen-bond donors (Lipinski definition) is 0. The quantitative estimate of drug-likeness (QED) is 0.161. The predicted molar refractivity (Wildman–Crippen MR) is 228 cm³/mol. The van der Waals surface area contributed by atoms with Crippen LogP contribution in [0.15, 0.2) is 97.1 Å². The minimum absolute atomic E-state index is 0.00402. The summed E-state index contributed by atoms with van der Waals surface area (Å²) < 4.78 is 0. The Hall–Kier alpha value is -4.22. The molecule has 0 N–H and O–H groups in total. The average molecular weight is 708 g/mol. The molecule has 4 unspecified atom stereocenters. The van der Waals surface area contributed by atoms with Crippen LogP contribution in [-0.4, -0.2) is 25.9 Å². The second-order valence-corrected chi connectivity index (χ2v) is 23.4. The molecule has 5 heteroatoms. The van der Waals surface area contributed by atoms with Crippen LogP contribution in [0.25, 0.3) is 0 Å². The molecule has 0 radical (unpaired) electrons. The molecule has 7 aliphatic rings. The van der Waals surface area contributed by atoms with Gasteiger partial charge in [-0.1, -0.05) is 125 Å². The second kappa shape index (κ2) is 9.71. The topological polar surface area (TPSA) is 9.72 Å². The van der Waals surface area contributed by atoms with Gasteiger partial charge in [-0.05, 0) is 102 Å². The molecule has 2 aliphatic carbocycles. The largest absolute Gasteiger partial charge is 0.335 e. The van der Waals surface area contributed by atoms with Crippen molar-refractivity contribution in [3.8, 4) is 0 Å². The van der Waals surface area contributed by atoms with Crippen molar-refractivity contribution in [2.75, 3.05) is 14.7 Å². The number of rotatable bonds is 1. The SMILES string of the molecule is CC12CCCCC1(C)N1c3cc(N4c5ccccc5[Si](C)(C)c5ccccc54)cc4c3B(c3cccc2c31)c1cccc2c1N4C1(C)CCCCC21C. The van der Waals surface area contributed by atoms with Crippen molar-refractivity contribution in [1.82, 2.24) is 0 Å². The minimum atomic E-state index is -1.93. The van der Waals surface area contributed by atoms with Crippen molar-refractivity contribution in [2.45, 2.75) is 114 Å². The first-order chi connectivity index (χ1) is 25.5. The normalized spacial score (nSPS) is 30.2. The molecule has 0 bridgehead atoms. The summed E-state index contributed by atoms with van der Waals surface area (Å²) in [7, 11) is -1.93. The van der Waals surface area contributed by atoms with E-state index in [1.807, 2.05) is 0 Å². The van der Waals surface area contributed by atoms with E-state index in [1.54, 1.807) is 16.6 Å². The van der Waals surface area contributed by atoms with E-state index in [2.05, 4.69) is 153 Å². The molecule has 5 aromatic carbocycles. The Labute approximate surface area is 317 Å². The molecule has 264 valence electrons. The van der Waals surface area contributed by atoms with Gasteiger partial charge < -0.3 is 14.7 Å². The van der Waals surface area contributed by atoms with E-state index in [0.29, 0.717) is 0 Å². The fraction of sp³-hybridized carbons (Fsp3) is 0.375. The number of hydrogen-bond acceptors (Lipinski definition) is 3. The Bertz CT molecular complexity index is 2310. The predicted octanol–water partition coefficient (Wildman–Crippen LogP) is 8.92. The summed E-state index contributed by atoms with van der Waals surface area (Å²) in [6.45, 7) is 15.8. The Morgan fingerprint density at radius 3 is 1.47 bits per heavy atom. The molecule has 4 atom stereocenters. The summed E-state index contributed by atoms with van der Waals surface area (Å²) in [5.41, 5.74) is 18.0. The van der Waals surface area contributed by atoms with E-state index in [-0.39, 0.29) is 28.6 Å². The number of anilines is 7. The third kappa shape index (κ3) is 3.32. The van der Waals surface area contributed by atoms with Crippen molar-refractivity contribution >= 4 is 81.4 Å². The van der Waals surface area contributed by atoms with Crippen LogP contribution in [0.2, 0.25) is 13.1 Å². The maximum Gasteiger partial charge on any atom is 0.252 e. The van der Waals surface area contributed by atoms with Gasteiger partial charge in [-0.3, -0.25) is 0 Å². The van der Waals surface area contributed by atoms with Gasteiger partial charge >= 0.3 is 0 Å². The van der Waals surface area contributed by atoms with Gasteiger partial charge in [0.2, 0.25) is 0 Å². The van der Waals surface area contributed by atoms with Crippen molar-refractivity contribution in [2.24, 2.45) is 0 Å². The van der Waals surface area contributed by atoms with Crippen molar-refractivity contribution in [3.05, 3.63) is 108 Å². The summed E-state index contributed by atoms with van der Waals surface area (Å²) in [6, 6.07) is 38.8. The molecular formula is C48H50BN3Si. The number of benzene rings is 5. The standard InChI is InChI=1S/C48H50BN3Si/c1-45-25-11-13-27-47(45,3)51-38-29-31(50-36-21-7-9-23-40(36)53(5,6)41-24-10-8-22-37(41)50)30-39-42(38)49(34-19-15-17-32(45)43(34)51)35-20-16-18-33-44(35)52(39)48(4)28-14-12-26-46(33,48)2/h7-10,15-24,29-30H,11-14,25-28H2,1-6H3. The van der Waals surface area contributed by atoms with E-state index >= 15 is 0 Å². The first-order valence-corrected chi connectivity index (χ1v) is 23.6. The van der Waals surface area contributed by atoms with E-state index in [1.165, 1.54) is 112 Å². The Kier molecular flexibility index (Phi) is 5.71. The lowest BCUT2D eigenvalue weighted by atomic mass is 9.33. The van der Waals surface area contributed by atoms with E-state index in [0.717, 1.165) is 0 Å². The molecule has 53 heavy (non-hydrogen) atoms. The molecule has 5 aromatic rings. The van der Waals surface area contributed by atoms with Crippen LogP contribution in [-0.2, 0) is 10.8 Å². The van der Waals surface area contributed by atoms with Crippen LogP contribution in [0.3, 0.4) is 0 Å². The zero-order valence-electron chi connectivity index (χ0n) is 32.3.